The molecule has 6 aliphatic carbocycles. The van der Waals surface area contributed by atoms with Crippen LogP contribution in [0.15, 0.2) is 24.3 Å². The monoisotopic (exact) mass is 538 g/mol. The number of ether oxygens (including phenoxy) is 2. The van der Waals surface area contributed by atoms with Gasteiger partial charge in [0.25, 0.3) is 0 Å². The van der Waals surface area contributed by atoms with Crippen LogP contribution in [-0.4, -0.2) is 24.6 Å². The fraction of sp³-hybridized carbons (Fsp3) is 0.829. The first kappa shape index (κ1) is 28.9. The smallest absolute Gasteiger partial charge is 0.333 e. The Morgan fingerprint density at radius 1 is 0.769 bits per heavy atom. The van der Waals surface area contributed by atoms with E-state index < -0.39 is 0 Å². The lowest BCUT2D eigenvalue weighted by molar-refractivity contribution is -0.147. The molecule has 0 spiro atoms. The lowest BCUT2D eigenvalue weighted by Crippen LogP contribution is -2.39. The number of carbonyl (C=O) groups excluding carboxylic acids is 2. The van der Waals surface area contributed by atoms with Gasteiger partial charge >= 0.3 is 11.9 Å². The second kappa shape index (κ2) is 11.0. The summed E-state index contributed by atoms with van der Waals surface area (Å²) < 4.78 is 11.0. The lowest BCUT2D eigenvalue weighted by Gasteiger charge is -2.45. The normalized spacial score (nSPS) is 42.8. The number of esters is 2. The van der Waals surface area contributed by atoms with E-state index in [-0.39, 0.29) is 18.0 Å². The topological polar surface area (TPSA) is 52.6 Å². The Kier molecular flexibility index (Phi) is 8.17. The molecule has 0 aromatic rings. The van der Waals surface area contributed by atoms with Crippen LogP contribution < -0.4 is 0 Å². The van der Waals surface area contributed by atoms with E-state index >= 15 is 0 Å². The molecule has 39 heavy (non-hydrogen) atoms. The summed E-state index contributed by atoms with van der Waals surface area (Å²) in [5.41, 5.74) is 2.02. The molecule has 0 heterocycles. The van der Waals surface area contributed by atoms with Crippen LogP contribution in [0.25, 0.3) is 0 Å². The molecule has 10 atom stereocenters. The molecule has 0 aromatic heterocycles. The zero-order chi connectivity index (χ0) is 28.1. The summed E-state index contributed by atoms with van der Waals surface area (Å²) in [7, 11) is 0. The Labute approximate surface area is 237 Å². The maximum absolute atomic E-state index is 11.8. The number of fused-ring (bicyclic) bond motifs is 7. The molecule has 6 fully saturated rings. The highest BCUT2D eigenvalue weighted by atomic mass is 16.5. The molecule has 6 rings (SSSR count). The van der Waals surface area contributed by atoms with Gasteiger partial charge in [-0.25, -0.2) is 9.59 Å². The van der Waals surface area contributed by atoms with Gasteiger partial charge < -0.3 is 9.47 Å². The maximum atomic E-state index is 11.8. The molecule has 4 bridgehead atoms. The molecule has 0 amide bonds. The molecule has 0 aromatic carbocycles. The molecule has 4 heteroatoms. The first-order valence-electron chi connectivity index (χ1n) is 16.1. The van der Waals surface area contributed by atoms with Gasteiger partial charge in [0.1, 0.15) is 6.10 Å². The van der Waals surface area contributed by atoms with E-state index in [0.29, 0.717) is 34.5 Å². The average Bonchev–Trinajstić information content (AvgIpc) is 3.67. The number of hydrogen-bond donors (Lipinski definition) is 0. The third kappa shape index (κ3) is 5.28. The van der Waals surface area contributed by atoms with Gasteiger partial charge in [0.05, 0.1) is 6.61 Å². The SMILES string of the molecule is C=C(C)C(=O)OC1CCCC(C2CC3CCC2(C)C3(C)C)C1.C=C(C)C(=O)OCC1CC2CC1C1CCCC21. The summed E-state index contributed by atoms with van der Waals surface area (Å²) >= 11 is 0. The molecular formula is C35H54O4. The zero-order valence-electron chi connectivity index (χ0n) is 25.4. The van der Waals surface area contributed by atoms with Crippen LogP contribution in [0.3, 0.4) is 0 Å². The molecular weight excluding hydrogens is 484 g/mol. The first-order valence-corrected chi connectivity index (χ1v) is 16.1. The van der Waals surface area contributed by atoms with Crippen molar-refractivity contribution in [3.8, 4) is 0 Å². The van der Waals surface area contributed by atoms with Gasteiger partial charge in [-0.1, -0.05) is 40.3 Å². The summed E-state index contributed by atoms with van der Waals surface area (Å²) in [6, 6.07) is 0. The fourth-order valence-corrected chi connectivity index (χ4v) is 10.6. The fourth-order valence-electron chi connectivity index (χ4n) is 10.6. The second-order valence-corrected chi connectivity index (χ2v) is 15.2. The van der Waals surface area contributed by atoms with Crippen LogP contribution >= 0.6 is 0 Å². The minimum absolute atomic E-state index is 0.119. The van der Waals surface area contributed by atoms with Crippen LogP contribution in [0, 0.1) is 58.2 Å². The standard InChI is InChI=1S/C20H32O2.C15H22O2/c1-13(2)18(21)22-16-8-6-7-14(11-16)17-12-15-9-10-20(17,5)19(15,3)4;1-9(2)15(16)17-8-11-6-10-7-14(11)13-5-3-4-12(10)13/h14-17H,1,6-12H2,2-5H3;10-14H,1,3-8H2,2H3. The highest BCUT2D eigenvalue weighted by Crippen LogP contribution is 2.70. The van der Waals surface area contributed by atoms with Crippen LogP contribution in [0.4, 0.5) is 0 Å². The Hall–Kier alpha value is -1.58. The summed E-state index contributed by atoms with van der Waals surface area (Å²) in [5, 5.41) is 0. The van der Waals surface area contributed by atoms with Crippen molar-refractivity contribution >= 4 is 11.9 Å². The highest BCUT2D eigenvalue weighted by Gasteiger charge is 2.62. The molecule has 0 saturated heterocycles. The number of hydrogen-bond acceptors (Lipinski definition) is 4. The number of carbonyl (C=O) groups is 2. The van der Waals surface area contributed by atoms with Gasteiger partial charge in [-0.05, 0) is 143 Å². The van der Waals surface area contributed by atoms with Crippen molar-refractivity contribution in [1.82, 2.24) is 0 Å². The molecule has 10 unspecified atom stereocenters. The zero-order valence-corrected chi connectivity index (χ0v) is 25.4. The van der Waals surface area contributed by atoms with Crippen molar-refractivity contribution in [2.24, 2.45) is 58.2 Å². The van der Waals surface area contributed by atoms with Crippen molar-refractivity contribution in [1.29, 1.82) is 0 Å². The quantitative estimate of drug-likeness (QED) is 0.252. The molecule has 0 aliphatic heterocycles. The van der Waals surface area contributed by atoms with Gasteiger partial charge in [-0.3, -0.25) is 0 Å². The lowest BCUT2D eigenvalue weighted by atomic mass is 9.61. The van der Waals surface area contributed by atoms with Gasteiger partial charge in [0, 0.05) is 11.1 Å². The van der Waals surface area contributed by atoms with Crippen molar-refractivity contribution < 1.29 is 19.1 Å². The average molecular weight is 539 g/mol. The van der Waals surface area contributed by atoms with Crippen LogP contribution in [0.2, 0.25) is 0 Å². The van der Waals surface area contributed by atoms with E-state index in [4.69, 9.17) is 9.47 Å². The van der Waals surface area contributed by atoms with E-state index in [0.717, 1.165) is 54.3 Å². The summed E-state index contributed by atoms with van der Waals surface area (Å²) in [6.07, 6.45) is 16.0. The number of rotatable bonds is 6. The van der Waals surface area contributed by atoms with Gasteiger partial charge in [-0.2, -0.15) is 0 Å². The molecule has 6 aliphatic rings. The van der Waals surface area contributed by atoms with E-state index in [2.05, 4.69) is 33.9 Å². The summed E-state index contributed by atoms with van der Waals surface area (Å²) in [6.45, 7) is 18.9. The van der Waals surface area contributed by atoms with Gasteiger partial charge in [-0.15, -0.1) is 0 Å². The molecule has 6 saturated carbocycles. The largest absolute Gasteiger partial charge is 0.462 e. The Balaban J connectivity index is 0.000000163. The molecule has 0 N–H and O–H groups in total. The van der Waals surface area contributed by atoms with Gasteiger partial charge in [0.15, 0.2) is 0 Å². The minimum atomic E-state index is -0.212. The van der Waals surface area contributed by atoms with E-state index in [1.807, 2.05) is 0 Å². The predicted octanol–water partition coefficient (Wildman–Crippen LogP) is 8.30. The third-order valence-corrected chi connectivity index (χ3v) is 13.1. The molecule has 4 nitrogen and oxygen atoms in total. The van der Waals surface area contributed by atoms with Crippen LogP contribution in [0.1, 0.15) is 112 Å². The van der Waals surface area contributed by atoms with E-state index in [1.54, 1.807) is 13.8 Å². The third-order valence-electron chi connectivity index (χ3n) is 13.1. The Morgan fingerprint density at radius 3 is 2.10 bits per heavy atom. The van der Waals surface area contributed by atoms with E-state index in [1.165, 1.54) is 64.2 Å². The second-order valence-electron chi connectivity index (χ2n) is 15.2. The Morgan fingerprint density at radius 2 is 1.46 bits per heavy atom. The Bertz CT molecular complexity index is 979. The predicted molar refractivity (Wildman–Crippen MR) is 156 cm³/mol. The van der Waals surface area contributed by atoms with Crippen molar-refractivity contribution in [2.75, 3.05) is 6.61 Å². The summed E-state index contributed by atoms with van der Waals surface area (Å²) in [5.74, 6) is 6.48. The van der Waals surface area contributed by atoms with Crippen LogP contribution in [0.5, 0.6) is 0 Å². The highest BCUT2D eigenvalue weighted by molar-refractivity contribution is 5.87. The van der Waals surface area contributed by atoms with Crippen molar-refractivity contribution in [3.05, 3.63) is 24.3 Å². The van der Waals surface area contributed by atoms with Crippen molar-refractivity contribution in [3.63, 3.8) is 0 Å². The molecule has 218 valence electrons. The van der Waals surface area contributed by atoms with Crippen LogP contribution in [-0.2, 0) is 19.1 Å². The molecule has 0 radical (unpaired) electrons. The first-order chi connectivity index (χ1) is 18.4. The minimum Gasteiger partial charge on any atom is -0.462 e. The maximum Gasteiger partial charge on any atom is 0.333 e. The summed E-state index contributed by atoms with van der Waals surface area (Å²) in [4.78, 5) is 23.2. The van der Waals surface area contributed by atoms with E-state index in [9.17, 15) is 9.59 Å². The van der Waals surface area contributed by atoms with Gasteiger partial charge in [0.2, 0.25) is 0 Å². The van der Waals surface area contributed by atoms with Crippen molar-refractivity contribution in [2.45, 2.75) is 118 Å².